The predicted molar refractivity (Wildman–Crippen MR) is 77.6 cm³/mol. The molecule has 1 fully saturated rings. The molecule has 3 nitrogen and oxygen atoms in total. The molecule has 3 heteroatoms. The maximum atomic E-state index is 5.86. The number of nitrogens with one attached hydrogen (secondary N) is 1. The van der Waals surface area contributed by atoms with E-state index in [0.717, 1.165) is 12.2 Å². The Hall–Kier alpha value is -1.06. The molecule has 1 unspecified atom stereocenters. The van der Waals surface area contributed by atoms with E-state index >= 15 is 0 Å². The minimum atomic E-state index is -0.138. The van der Waals surface area contributed by atoms with Crippen LogP contribution in [0, 0.1) is 0 Å². The van der Waals surface area contributed by atoms with E-state index in [1.807, 2.05) is 13.1 Å². The average Bonchev–Trinajstić information content (AvgIpc) is 3.20. The van der Waals surface area contributed by atoms with Crippen molar-refractivity contribution in [3.05, 3.63) is 29.8 Å². The predicted octanol–water partition coefficient (Wildman–Crippen LogP) is 3.30. The molecule has 1 atom stereocenters. The van der Waals surface area contributed by atoms with Crippen LogP contribution in [-0.4, -0.2) is 25.9 Å². The van der Waals surface area contributed by atoms with Crippen molar-refractivity contribution in [3.63, 3.8) is 0 Å². The van der Waals surface area contributed by atoms with Crippen LogP contribution in [0.5, 0.6) is 5.75 Å². The maximum absolute atomic E-state index is 5.86. The molecule has 0 bridgehead atoms. The number of hydrogen-bond acceptors (Lipinski definition) is 3. The van der Waals surface area contributed by atoms with Gasteiger partial charge in [0, 0.05) is 13.2 Å². The van der Waals surface area contributed by atoms with Gasteiger partial charge >= 0.3 is 0 Å². The van der Waals surface area contributed by atoms with Crippen molar-refractivity contribution in [1.82, 2.24) is 5.32 Å². The summed E-state index contributed by atoms with van der Waals surface area (Å²) in [6.45, 7) is 4.23. The number of rotatable bonds is 7. The van der Waals surface area contributed by atoms with Crippen LogP contribution in [0.4, 0.5) is 0 Å². The van der Waals surface area contributed by atoms with Crippen LogP contribution in [0.15, 0.2) is 24.3 Å². The molecule has 0 heterocycles. The van der Waals surface area contributed by atoms with Crippen LogP contribution in [0.25, 0.3) is 0 Å². The summed E-state index contributed by atoms with van der Waals surface area (Å²) in [5.41, 5.74) is 1.12. The van der Waals surface area contributed by atoms with Crippen molar-refractivity contribution in [2.75, 3.05) is 14.2 Å². The highest BCUT2D eigenvalue weighted by Gasteiger charge is 2.25. The molecule has 0 amide bonds. The van der Waals surface area contributed by atoms with Crippen LogP contribution in [0.2, 0.25) is 0 Å². The fourth-order valence-corrected chi connectivity index (χ4v) is 2.14. The van der Waals surface area contributed by atoms with Gasteiger partial charge in [-0.25, -0.2) is 0 Å². The van der Waals surface area contributed by atoms with Crippen LogP contribution in [0.3, 0.4) is 0 Å². The topological polar surface area (TPSA) is 30.5 Å². The maximum Gasteiger partial charge on any atom is 0.120 e. The largest absolute Gasteiger partial charge is 0.490 e. The summed E-state index contributed by atoms with van der Waals surface area (Å²) in [7, 11) is 3.75. The molecule has 2 rings (SSSR count). The molecule has 0 aliphatic heterocycles. The van der Waals surface area contributed by atoms with Gasteiger partial charge in [0.05, 0.1) is 11.7 Å². The zero-order valence-corrected chi connectivity index (χ0v) is 12.4. The van der Waals surface area contributed by atoms with Crippen molar-refractivity contribution >= 4 is 0 Å². The molecule has 1 aliphatic carbocycles. The van der Waals surface area contributed by atoms with Crippen molar-refractivity contribution < 1.29 is 9.47 Å². The van der Waals surface area contributed by atoms with Gasteiger partial charge in [0.15, 0.2) is 0 Å². The lowest BCUT2D eigenvalue weighted by Crippen LogP contribution is -2.30. The van der Waals surface area contributed by atoms with E-state index in [1.54, 1.807) is 7.11 Å². The fourth-order valence-electron chi connectivity index (χ4n) is 2.14. The molecule has 1 saturated carbocycles. The number of hydrogen-bond donors (Lipinski definition) is 1. The van der Waals surface area contributed by atoms with Gasteiger partial charge in [0.25, 0.3) is 0 Å². The Labute approximate surface area is 116 Å². The third-order valence-corrected chi connectivity index (χ3v) is 3.68. The quantitative estimate of drug-likeness (QED) is 0.818. The highest BCUT2D eigenvalue weighted by molar-refractivity contribution is 5.31. The van der Waals surface area contributed by atoms with E-state index in [0.29, 0.717) is 6.10 Å². The first-order valence-corrected chi connectivity index (χ1v) is 7.03. The molecule has 0 radical (unpaired) electrons. The van der Waals surface area contributed by atoms with Gasteiger partial charge in [-0.15, -0.1) is 0 Å². The highest BCUT2D eigenvalue weighted by atomic mass is 16.5. The number of methoxy groups -OCH3 is 1. The second-order valence-electron chi connectivity index (χ2n) is 5.90. The average molecular weight is 263 g/mol. The van der Waals surface area contributed by atoms with Crippen molar-refractivity contribution in [2.45, 2.75) is 50.9 Å². The summed E-state index contributed by atoms with van der Waals surface area (Å²) >= 11 is 0. The summed E-state index contributed by atoms with van der Waals surface area (Å²) in [6, 6.07) is 8.67. The fraction of sp³-hybridized carbons (Fsp3) is 0.625. The molecule has 19 heavy (non-hydrogen) atoms. The van der Waals surface area contributed by atoms with Gasteiger partial charge in [0.2, 0.25) is 0 Å². The van der Waals surface area contributed by atoms with Crippen molar-refractivity contribution in [1.29, 1.82) is 0 Å². The Bertz CT molecular complexity index is 413. The summed E-state index contributed by atoms with van der Waals surface area (Å²) in [5, 5.41) is 3.37. The van der Waals surface area contributed by atoms with E-state index in [1.165, 1.54) is 18.4 Å². The molecule has 1 aromatic rings. The number of ether oxygens (including phenoxy) is 2. The van der Waals surface area contributed by atoms with Gasteiger partial charge in [-0.1, -0.05) is 12.1 Å². The minimum Gasteiger partial charge on any atom is -0.490 e. The third kappa shape index (κ3) is 4.22. The molecule has 0 saturated heterocycles. The Morgan fingerprint density at radius 1 is 1.37 bits per heavy atom. The monoisotopic (exact) mass is 263 g/mol. The van der Waals surface area contributed by atoms with Gasteiger partial charge < -0.3 is 14.8 Å². The van der Waals surface area contributed by atoms with Gasteiger partial charge in [-0.2, -0.15) is 0 Å². The van der Waals surface area contributed by atoms with E-state index < -0.39 is 0 Å². The molecule has 1 aromatic carbocycles. The van der Waals surface area contributed by atoms with Crippen LogP contribution in [0.1, 0.15) is 44.7 Å². The first-order chi connectivity index (χ1) is 9.04. The summed E-state index contributed by atoms with van der Waals surface area (Å²) < 4.78 is 11.4. The lowest BCUT2D eigenvalue weighted by atomic mass is 9.93. The molecular weight excluding hydrogens is 238 g/mol. The molecular formula is C16H25NO2. The molecule has 0 aromatic heterocycles. The second-order valence-corrected chi connectivity index (χ2v) is 5.90. The normalized spacial score (nSPS) is 17.3. The SMILES string of the molecule is CNC(CC(C)(C)OC)c1cccc(OC2CC2)c1. The Balaban J connectivity index is 2.08. The first kappa shape index (κ1) is 14.4. The summed E-state index contributed by atoms with van der Waals surface area (Å²) in [6.07, 6.45) is 3.75. The van der Waals surface area contributed by atoms with Crippen LogP contribution < -0.4 is 10.1 Å². The van der Waals surface area contributed by atoms with Gasteiger partial charge in [-0.05, 0) is 57.9 Å². The summed E-state index contributed by atoms with van der Waals surface area (Å²) in [5.74, 6) is 0.982. The lowest BCUT2D eigenvalue weighted by molar-refractivity contribution is 0.00742. The Morgan fingerprint density at radius 2 is 2.11 bits per heavy atom. The van der Waals surface area contributed by atoms with E-state index in [-0.39, 0.29) is 11.6 Å². The van der Waals surface area contributed by atoms with E-state index in [2.05, 4.69) is 37.4 Å². The van der Waals surface area contributed by atoms with Crippen LogP contribution >= 0.6 is 0 Å². The highest BCUT2D eigenvalue weighted by Crippen LogP contribution is 2.30. The molecule has 1 N–H and O–H groups in total. The smallest absolute Gasteiger partial charge is 0.120 e. The zero-order chi connectivity index (χ0) is 13.9. The molecule has 106 valence electrons. The van der Waals surface area contributed by atoms with Crippen molar-refractivity contribution in [2.24, 2.45) is 0 Å². The molecule has 0 spiro atoms. The lowest BCUT2D eigenvalue weighted by Gasteiger charge is -2.28. The molecule has 1 aliphatic rings. The standard InChI is InChI=1S/C16H25NO2/c1-16(2,18-4)11-15(17-3)12-6-5-7-14(10-12)19-13-8-9-13/h5-7,10,13,15,17H,8-9,11H2,1-4H3. The van der Waals surface area contributed by atoms with E-state index in [9.17, 15) is 0 Å². The van der Waals surface area contributed by atoms with E-state index in [4.69, 9.17) is 9.47 Å². The van der Waals surface area contributed by atoms with Crippen molar-refractivity contribution in [3.8, 4) is 5.75 Å². The van der Waals surface area contributed by atoms with Crippen LogP contribution in [-0.2, 0) is 4.74 Å². The van der Waals surface area contributed by atoms with Gasteiger partial charge in [0.1, 0.15) is 5.75 Å². The minimum absolute atomic E-state index is 0.138. The first-order valence-electron chi connectivity index (χ1n) is 7.03. The number of benzene rings is 1. The van der Waals surface area contributed by atoms with Gasteiger partial charge in [-0.3, -0.25) is 0 Å². The summed E-state index contributed by atoms with van der Waals surface area (Å²) in [4.78, 5) is 0. The Kier molecular flexibility index (Phi) is 4.48. The Morgan fingerprint density at radius 3 is 2.68 bits per heavy atom. The zero-order valence-electron chi connectivity index (χ0n) is 12.4. The third-order valence-electron chi connectivity index (χ3n) is 3.68. The second kappa shape index (κ2) is 5.93.